The summed E-state index contributed by atoms with van der Waals surface area (Å²) in [6, 6.07) is 10.1. The molecule has 0 saturated carbocycles. The van der Waals surface area contributed by atoms with E-state index in [2.05, 4.69) is 22.4 Å². The molecule has 122 valence electrons. The fraction of sp³-hybridized carbons (Fsp3) is 0.375. The Labute approximate surface area is 134 Å². The molecule has 0 aliphatic rings. The van der Waals surface area contributed by atoms with Gasteiger partial charge in [-0.05, 0) is 35.2 Å². The SMILES string of the molecule is Cc1nc([N+](=O)[O-])cn1CC(=O)NC(C)CCc1ccccc1. The molecule has 2 rings (SSSR count). The van der Waals surface area contributed by atoms with Gasteiger partial charge >= 0.3 is 5.82 Å². The van der Waals surface area contributed by atoms with Gasteiger partial charge in [0.1, 0.15) is 12.7 Å². The summed E-state index contributed by atoms with van der Waals surface area (Å²) in [4.78, 5) is 26.0. The third kappa shape index (κ3) is 4.91. The molecule has 2 aromatic rings. The van der Waals surface area contributed by atoms with E-state index in [1.807, 2.05) is 25.1 Å². The second-order valence-corrected chi connectivity index (χ2v) is 5.52. The van der Waals surface area contributed by atoms with E-state index < -0.39 is 4.92 Å². The Balaban J connectivity index is 1.83. The molecule has 0 fully saturated rings. The first-order chi connectivity index (χ1) is 11.0. The average Bonchev–Trinajstić information content (AvgIpc) is 2.87. The van der Waals surface area contributed by atoms with E-state index in [0.29, 0.717) is 5.82 Å². The van der Waals surface area contributed by atoms with Crippen molar-refractivity contribution in [2.75, 3.05) is 0 Å². The summed E-state index contributed by atoms with van der Waals surface area (Å²) in [5.74, 6) is 0.0252. The second kappa shape index (κ2) is 7.53. The lowest BCUT2D eigenvalue weighted by Crippen LogP contribution is -2.35. The van der Waals surface area contributed by atoms with E-state index >= 15 is 0 Å². The number of rotatable bonds is 7. The van der Waals surface area contributed by atoms with Gasteiger partial charge in [0.2, 0.25) is 11.7 Å². The summed E-state index contributed by atoms with van der Waals surface area (Å²) in [6.45, 7) is 3.62. The van der Waals surface area contributed by atoms with E-state index in [1.54, 1.807) is 6.92 Å². The average molecular weight is 316 g/mol. The molecule has 0 saturated heterocycles. The topological polar surface area (TPSA) is 90.1 Å². The van der Waals surface area contributed by atoms with Gasteiger partial charge in [-0.1, -0.05) is 30.3 Å². The van der Waals surface area contributed by atoms with E-state index in [9.17, 15) is 14.9 Å². The van der Waals surface area contributed by atoms with Crippen LogP contribution in [0.5, 0.6) is 0 Å². The molecule has 1 heterocycles. The van der Waals surface area contributed by atoms with Gasteiger partial charge in [-0.2, -0.15) is 0 Å². The minimum Gasteiger partial charge on any atom is -0.358 e. The Hall–Kier alpha value is -2.70. The Morgan fingerprint density at radius 1 is 1.39 bits per heavy atom. The highest BCUT2D eigenvalue weighted by Crippen LogP contribution is 2.10. The Kier molecular flexibility index (Phi) is 5.46. The molecule has 1 atom stereocenters. The summed E-state index contributed by atoms with van der Waals surface area (Å²) in [6.07, 6.45) is 3.00. The van der Waals surface area contributed by atoms with Crippen LogP contribution in [0.3, 0.4) is 0 Å². The Morgan fingerprint density at radius 2 is 2.09 bits per heavy atom. The van der Waals surface area contributed by atoms with E-state index in [1.165, 1.54) is 16.3 Å². The predicted molar refractivity (Wildman–Crippen MR) is 86.0 cm³/mol. The highest BCUT2D eigenvalue weighted by atomic mass is 16.6. The normalized spacial score (nSPS) is 11.9. The molecule has 0 bridgehead atoms. The predicted octanol–water partition coefficient (Wildman–Crippen LogP) is 2.24. The standard InChI is InChI=1S/C16H20N4O3/c1-12(8-9-14-6-4-3-5-7-14)17-16(21)11-19-10-15(20(22)23)18-13(19)2/h3-7,10,12H,8-9,11H2,1-2H3,(H,17,21). The van der Waals surface area contributed by atoms with Gasteiger partial charge < -0.3 is 15.4 Å². The zero-order valence-electron chi connectivity index (χ0n) is 13.2. The molecule has 1 unspecified atom stereocenters. The van der Waals surface area contributed by atoms with Gasteiger partial charge in [0.25, 0.3) is 0 Å². The van der Waals surface area contributed by atoms with Crippen LogP contribution in [0.15, 0.2) is 36.5 Å². The lowest BCUT2D eigenvalue weighted by Gasteiger charge is -2.14. The van der Waals surface area contributed by atoms with Gasteiger partial charge in [0.05, 0.1) is 0 Å². The molecular weight excluding hydrogens is 296 g/mol. The number of nitrogens with one attached hydrogen (secondary N) is 1. The number of amides is 1. The smallest absolute Gasteiger partial charge is 0.358 e. The van der Waals surface area contributed by atoms with Gasteiger partial charge in [-0.15, -0.1) is 0 Å². The number of carbonyl (C=O) groups excluding carboxylic acids is 1. The highest BCUT2D eigenvalue weighted by Gasteiger charge is 2.17. The van der Waals surface area contributed by atoms with Crippen LogP contribution in [0, 0.1) is 17.0 Å². The van der Waals surface area contributed by atoms with Crippen LogP contribution in [-0.4, -0.2) is 26.4 Å². The maximum absolute atomic E-state index is 12.0. The van der Waals surface area contributed by atoms with E-state index in [0.717, 1.165) is 12.8 Å². The lowest BCUT2D eigenvalue weighted by atomic mass is 10.1. The number of imidazole rings is 1. The molecule has 0 aliphatic carbocycles. The Bertz CT molecular complexity index is 682. The lowest BCUT2D eigenvalue weighted by molar-refractivity contribution is -0.389. The third-order valence-corrected chi connectivity index (χ3v) is 3.58. The zero-order chi connectivity index (χ0) is 16.8. The first kappa shape index (κ1) is 16.7. The minimum atomic E-state index is -0.566. The Morgan fingerprint density at radius 3 is 2.70 bits per heavy atom. The van der Waals surface area contributed by atoms with Crippen molar-refractivity contribution in [3.8, 4) is 0 Å². The number of benzene rings is 1. The number of hydrogen-bond donors (Lipinski definition) is 1. The largest absolute Gasteiger partial charge is 0.381 e. The van der Waals surface area contributed by atoms with Crippen molar-refractivity contribution in [3.63, 3.8) is 0 Å². The zero-order valence-corrected chi connectivity index (χ0v) is 13.2. The molecule has 0 aliphatic heterocycles. The van der Waals surface area contributed by atoms with Crippen molar-refractivity contribution in [1.82, 2.24) is 14.9 Å². The third-order valence-electron chi connectivity index (χ3n) is 3.58. The summed E-state index contributed by atoms with van der Waals surface area (Å²) in [5.41, 5.74) is 1.23. The minimum absolute atomic E-state index is 0.0292. The molecule has 0 radical (unpaired) electrons. The number of aromatic nitrogens is 2. The summed E-state index contributed by atoms with van der Waals surface area (Å²) >= 11 is 0. The number of nitro groups is 1. The van der Waals surface area contributed by atoms with Crippen LogP contribution in [0.1, 0.15) is 24.7 Å². The summed E-state index contributed by atoms with van der Waals surface area (Å²) < 4.78 is 1.48. The van der Waals surface area contributed by atoms with Crippen molar-refractivity contribution in [2.24, 2.45) is 0 Å². The first-order valence-electron chi connectivity index (χ1n) is 7.47. The van der Waals surface area contributed by atoms with Crippen LogP contribution >= 0.6 is 0 Å². The van der Waals surface area contributed by atoms with Crippen molar-refractivity contribution < 1.29 is 9.72 Å². The second-order valence-electron chi connectivity index (χ2n) is 5.52. The summed E-state index contributed by atoms with van der Waals surface area (Å²) in [7, 11) is 0. The summed E-state index contributed by atoms with van der Waals surface area (Å²) in [5, 5.41) is 13.6. The van der Waals surface area contributed by atoms with Crippen molar-refractivity contribution >= 4 is 11.7 Å². The van der Waals surface area contributed by atoms with Gasteiger partial charge in [0.15, 0.2) is 0 Å². The van der Waals surface area contributed by atoms with E-state index in [-0.39, 0.29) is 24.3 Å². The van der Waals surface area contributed by atoms with Crippen LogP contribution in [0.25, 0.3) is 0 Å². The van der Waals surface area contributed by atoms with Crippen LogP contribution in [0.4, 0.5) is 5.82 Å². The number of aryl methyl sites for hydroxylation is 2. The number of carbonyl (C=O) groups is 1. The fourth-order valence-corrected chi connectivity index (χ4v) is 2.31. The monoisotopic (exact) mass is 316 g/mol. The van der Waals surface area contributed by atoms with Gasteiger partial charge in [0, 0.05) is 13.0 Å². The molecule has 7 nitrogen and oxygen atoms in total. The van der Waals surface area contributed by atoms with Crippen molar-refractivity contribution in [1.29, 1.82) is 0 Å². The molecule has 1 aromatic heterocycles. The molecule has 7 heteroatoms. The molecule has 0 spiro atoms. The van der Waals surface area contributed by atoms with Crippen molar-refractivity contribution in [3.05, 3.63) is 58.0 Å². The first-order valence-corrected chi connectivity index (χ1v) is 7.47. The van der Waals surface area contributed by atoms with Crippen LogP contribution in [0.2, 0.25) is 0 Å². The van der Waals surface area contributed by atoms with E-state index in [4.69, 9.17) is 0 Å². The quantitative estimate of drug-likeness (QED) is 0.626. The maximum atomic E-state index is 12.0. The van der Waals surface area contributed by atoms with Crippen molar-refractivity contribution in [2.45, 2.75) is 39.3 Å². The molecule has 23 heavy (non-hydrogen) atoms. The van der Waals surface area contributed by atoms with Crippen LogP contribution in [-0.2, 0) is 17.8 Å². The molecular formula is C16H20N4O3. The molecule has 1 N–H and O–H groups in total. The van der Waals surface area contributed by atoms with Gasteiger partial charge in [-0.25, -0.2) is 0 Å². The highest BCUT2D eigenvalue weighted by molar-refractivity contribution is 5.76. The van der Waals surface area contributed by atoms with Crippen LogP contribution < -0.4 is 5.32 Å². The maximum Gasteiger partial charge on any atom is 0.381 e. The number of hydrogen-bond acceptors (Lipinski definition) is 4. The van der Waals surface area contributed by atoms with Gasteiger partial charge in [-0.3, -0.25) is 9.36 Å². The number of nitrogens with zero attached hydrogens (tertiary/aromatic N) is 3. The molecule has 1 amide bonds. The fourth-order valence-electron chi connectivity index (χ4n) is 2.31. The molecule has 1 aromatic carbocycles.